The minimum atomic E-state index is -0.842. The van der Waals surface area contributed by atoms with Gasteiger partial charge in [0.1, 0.15) is 0 Å². The van der Waals surface area contributed by atoms with Crippen molar-refractivity contribution in [1.82, 2.24) is 5.32 Å². The molecule has 0 aromatic rings. The molecule has 75 heavy (non-hydrogen) atoms. The van der Waals surface area contributed by atoms with Crippen molar-refractivity contribution in [1.29, 1.82) is 0 Å². The Morgan fingerprint density at radius 2 is 0.667 bits per heavy atom. The minimum Gasteiger partial charge on any atom is -0.466 e. The lowest BCUT2D eigenvalue weighted by molar-refractivity contribution is -0.143. The molecule has 0 radical (unpaired) electrons. The Labute approximate surface area is 467 Å². The SMILES string of the molecule is CCCCC/C=C\C/C=C\CCCCCCCC(=O)OCCCCCCCCCCC/C=C\C/C=C\CCCCCCCCCCCCCCCCCCCC(=O)NC(CO)C(O)/C=C/CCCCCCCCCC. The summed E-state index contributed by atoms with van der Waals surface area (Å²) in [6.45, 7) is 4.86. The molecule has 0 aromatic carbocycles. The summed E-state index contributed by atoms with van der Waals surface area (Å²) in [6, 6.07) is -0.625. The maximum atomic E-state index is 12.4. The summed E-state index contributed by atoms with van der Waals surface area (Å²) in [7, 11) is 0. The van der Waals surface area contributed by atoms with E-state index in [1.807, 2.05) is 6.08 Å². The lowest BCUT2D eigenvalue weighted by Gasteiger charge is -2.20. The fourth-order valence-electron chi connectivity index (χ4n) is 9.93. The molecule has 0 bridgehead atoms. The fraction of sp³-hybridized carbons (Fsp3) is 0.826. The molecule has 6 nitrogen and oxygen atoms in total. The van der Waals surface area contributed by atoms with Gasteiger partial charge in [0.2, 0.25) is 5.91 Å². The quantitative estimate of drug-likeness (QED) is 0.0320. The van der Waals surface area contributed by atoms with Crippen LogP contribution in [0, 0.1) is 0 Å². The van der Waals surface area contributed by atoms with Crippen LogP contribution in [0.15, 0.2) is 60.8 Å². The summed E-state index contributed by atoms with van der Waals surface area (Å²) in [4.78, 5) is 24.5. The van der Waals surface area contributed by atoms with Crippen LogP contribution in [0.2, 0.25) is 0 Å². The molecule has 0 aliphatic carbocycles. The molecule has 0 saturated carbocycles. The molecule has 0 spiro atoms. The van der Waals surface area contributed by atoms with Crippen LogP contribution >= 0.6 is 0 Å². The summed E-state index contributed by atoms with van der Waals surface area (Å²) in [6.07, 6.45) is 84.4. The molecular formula is C69H127NO5. The van der Waals surface area contributed by atoms with E-state index in [2.05, 4.69) is 67.8 Å². The third-order valence-electron chi connectivity index (χ3n) is 15.0. The highest BCUT2D eigenvalue weighted by Crippen LogP contribution is 2.17. The number of nitrogens with one attached hydrogen (secondary N) is 1. The van der Waals surface area contributed by atoms with Gasteiger partial charge in [0.25, 0.3) is 0 Å². The van der Waals surface area contributed by atoms with Gasteiger partial charge in [0, 0.05) is 12.8 Å². The number of allylic oxidation sites excluding steroid dienone is 9. The first-order valence-electron chi connectivity index (χ1n) is 33.1. The number of unbranched alkanes of at least 4 members (excludes halogenated alkanes) is 42. The molecule has 0 aliphatic rings. The van der Waals surface area contributed by atoms with Crippen LogP contribution in [0.3, 0.4) is 0 Å². The van der Waals surface area contributed by atoms with Gasteiger partial charge in [-0.1, -0.05) is 293 Å². The first-order valence-corrected chi connectivity index (χ1v) is 33.1. The maximum absolute atomic E-state index is 12.4. The maximum Gasteiger partial charge on any atom is 0.305 e. The van der Waals surface area contributed by atoms with Gasteiger partial charge in [-0.2, -0.15) is 0 Å². The van der Waals surface area contributed by atoms with Crippen LogP contribution in [-0.4, -0.2) is 47.4 Å². The summed E-state index contributed by atoms with van der Waals surface area (Å²) < 4.78 is 5.48. The van der Waals surface area contributed by atoms with E-state index in [1.165, 1.54) is 257 Å². The predicted molar refractivity (Wildman–Crippen MR) is 328 cm³/mol. The fourth-order valence-corrected chi connectivity index (χ4v) is 9.93. The van der Waals surface area contributed by atoms with Crippen LogP contribution in [0.5, 0.6) is 0 Å². The van der Waals surface area contributed by atoms with E-state index in [4.69, 9.17) is 4.74 Å². The van der Waals surface area contributed by atoms with Gasteiger partial charge in [-0.3, -0.25) is 9.59 Å². The molecule has 0 heterocycles. The zero-order chi connectivity index (χ0) is 54.3. The second-order valence-corrected chi connectivity index (χ2v) is 22.4. The molecule has 1 amide bonds. The summed E-state index contributed by atoms with van der Waals surface area (Å²) in [5.41, 5.74) is 0. The number of rotatable bonds is 61. The Balaban J connectivity index is 3.38. The number of aliphatic hydroxyl groups is 2. The first-order chi connectivity index (χ1) is 37.0. The molecule has 3 N–H and O–H groups in total. The number of amides is 1. The molecule has 0 aliphatic heterocycles. The molecule has 2 atom stereocenters. The number of aliphatic hydroxyl groups excluding tert-OH is 2. The molecule has 438 valence electrons. The van der Waals surface area contributed by atoms with Crippen molar-refractivity contribution >= 4 is 11.9 Å². The predicted octanol–water partition coefficient (Wildman–Crippen LogP) is 21.1. The third kappa shape index (κ3) is 60.6. The Kier molecular flexibility index (Phi) is 62.0. The van der Waals surface area contributed by atoms with Gasteiger partial charge < -0.3 is 20.3 Å². The Morgan fingerprint density at radius 3 is 1.04 bits per heavy atom. The normalized spacial score (nSPS) is 13.0. The van der Waals surface area contributed by atoms with Crippen LogP contribution in [0.25, 0.3) is 0 Å². The van der Waals surface area contributed by atoms with E-state index < -0.39 is 12.1 Å². The van der Waals surface area contributed by atoms with Gasteiger partial charge in [-0.25, -0.2) is 0 Å². The monoisotopic (exact) mass is 1050 g/mol. The number of carbonyl (C=O) groups is 2. The van der Waals surface area contributed by atoms with E-state index in [0.717, 1.165) is 57.8 Å². The summed E-state index contributed by atoms with van der Waals surface area (Å²) in [5, 5.41) is 23.0. The van der Waals surface area contributed by atoms with Gasteiger partial charge in [0.05, 0.1) is 25.4 Å². The van der Waals surface area contributed by atoms with Crippen LogP contribution in [0.4, 0.5) is 0 Å². The number of ether oxygens (including phenoxy) is 1. The first kappa shape index (κ1) is 72.6. The molecule has 6 heteroatoms. The molecule has 0 fully saturated rings. The van der Waals surface area contributed by atoms with Crippen molar-refractivity contribution < 1.29 is 24.5 Å². The van der Waals surface area contributed by atoms with E-state index in [0.29, 0.717) is 19.4 Å². The largest absolute Gasteiger partial charge is 0.466 e. The second-order valence-electron chi connectivity index (χ2n) is 22.4. The second kappa shape index (κ2) is 64.1. The van der Waals surface area contributed by atoms with E-state index in [9.17, 15) is 19.8 Å². The van der Waals surface area contributed by atoms with Crippen molar-refractivity contribution in [2.75, 3.05) is 13.2 Å². The number of carbonyl (C=O) groups excluding carboxylic acids is 2. The molecular weight excluding hydrogens is 923 g/mol. The van der Waals surface area contributed by atoms with Crippen molar-refractivity contribution in [3.05, 3.63) is 60.8 Å². The Bertz CT molecular complexity index is 1300. The van der Waals surface area contributed by atoms with E-state index >= 15 is 0 Å². The average molecular weight is 1050 g/mol. The number of hydrogen-bond donors (Lipinski definition) is 3. The molecule has 0 rings (SSSR count). The Hall–Kier alpha value is -2.44. The molecule has 2 unspecified atom stereocenters. The molecule has 0 aromatic heterocycles. The Morgan fingerprint density at radius 1 is 0.373 bits per heavy atom. The van der Waals surface area contributed by atoms with Crippen LogP contribution < -0.4 is 5.32 Å². The summed E-state index contributed by atoms with van der Waals surface area (Å²) in [5.74, 6) is -0.0685. The highest BCUT2D eigenvalue weighted by atomic mass is 16.5. The van der Waals surface area contributed by atoms with E-state index in [-0.39, 0.29) is 18.5 Å². The third-order valence-corrected chi connectivity index (χ3v) is 15.0. The van der Waals surface area contributed by atoms with Crippen molar-refractivity contribution in [3.8, 4) is 0 Å². The highest BCUT2D eigenvalue weighted by Gasteiger charge is 2.18. The van der Waals surface area contributed by atoms with Gasteiger partial charge in [-0.15, -0.1) is 0 Å². The molecule has 0 saturated heterocycles. The zero-order valence-corrected chi connectivity index (χ0v) is 50.0. The highest BCUT2D eigenvalue weighted by molar-refractivity contribution is 5.76. The van der Waals surface area contributed by atoms with Crippen molar-refractivity contribution in [3.63, 3.8) is 0 Å². The average Bonchev–Trinajstić information content (AvgIpc) is 3.41. The minimum absolute atomic E-state index is 0.000626. The summed E-state index contributed by atoms with van der Waals surface area (Å²) >= 11 is 0. The van der Waals surface area contributed by atoms with Crippen LogP contribution in [-0.2, 0) is 14.3 Å². The van der Waals surface area contributed by atoms with Gasteiger partial charge in [-0.05, 0) is 96.3 Å². The lowest BCUT2D eigenvalue weighted by atomic mass is 10.0. The number of hydrogen-bond acceptors (Lipinski definition) is 5. The van der Waals surface area contributed by atoms with Crippen molar-refractivity contribution in [2.45, 2.75) is 353 Å². The van der Waals surface area contributed by atoms with Crippen LogP contribution in [0.1, 0.15) is 341 Å². The standard InChI is InChI=1S/C69H127NO5/c1-3-5-7-9-11-13-15-16-36-40-43-47-51-55-59-63-69(74)75-64-60-56-52-48-44-41-38-35-33-31-29-27-25-23-21-19-17-18-20-22-24-26-28-30-32-34-37-39-42-46-50-54-58-62-68(73)70-66(65-71)67(72)61-57-53-49-45-14-12-10-8-6-4-2/h11,13,16,21,23,27,29,36,57,61,66-67,71-72H,3-10,12,14-15,17-20,22,24-26,28,30-35,37-56,58-60,62-65H2,1-2H3,(H,70,73)/b13-11-,23-21-,29-27-,36-16-,61-57+. The van der Waals surface area contributed by atoms with Crippen molar-refractivity contribution in [2.24, 2.45) is 0 Å². The topological polar surface area (TPSA) is 95.9 Å². The van der Waals surface area contributed by atoms with Gasteiger partial charge >= 0.3 is 5.97 Å². The zero-order valence-electron chi connectivity index (χ0n) is 50.0. The van der Waals surface area contributed by atoms with E-state index in [1.54, 1.807) is 6.08 Å². The van der Waals surface area contributed by atoms with Gasteiger partial charge in [0.15, 0.2) is 0 Å². The smallest absolute Gasteiger partial charge is 0.305 e. The lowest BCUT2D eigenvalue weighted by Crippen LogP contribution is -2.45. The number of esters is 1.